The van der Waals surface area contributed by atoms with Gasteiger partial charge in [0.2, 0.25) is 0 Å². The highest BCUT2D eigenvalue weighted by Crippen LogP contribution is 2.30. The maximum absolute atomic E-state index is 13.2. The molecule has 0 aliphatic carbocycles. The van der Waals surface area contributed by atoms with Gasteiger partial charge in [-0.2, -0.15) is 13.2 Å². The lowest BCUT2D eigenvalue weighted by Gasteiger charge is -2.12. The lowest BCUT2D eigenvalue weighted by molar-refractivity contribution is -0.137. The zero-order chi connectivity index (χ0) is 24.1. The Morgan fingerprint density at radius 2 is 1.68 bits per heavy atom. The summed E-state index contributed by atoms with van der Waals surface area (Å²) in [5.41, 5.74) is 2.53. The molecule has 3 aromatic carbocycles. The lowest BCUT2D eigenvalue weighted by atomic mass is 10.1. The number of aryl methyl sites for hydroxylation is 1. The fraction of sp³-hybridized carbons (Fsp3) is 0.192. The number of nitrogens with zero attached hydrogens (tertiary/aromatic N) is 2. The van der Waals surface area contributed by atoms with E-state index in [9.17, 15) is 13.2 Å². The van der Waals surface area contributed by atoms with Crippen molar-refractivity contribution in [3.05, 3.63) is 94.1 Å². The van der Waals surface area contributed by atoms with Crippen molar-refractivity contribution in [1.82, 2.24) is 4.57 Å². The van der Waals surface area contributed by atoms with Crippen LogP contribution in [0.2, 0.25) is 0 Å². The number of ether oxygens (including phenoxy) is 2. The van der Waals surface area contributed by atoms with Crippen LogP contribution in [0.5, 0.6) is 11.5 Å². The SMILES string of the molecule is COc1ccc(-c2csc(=Nc3ccccc3OC)n2CCc2cccc(C(F)(F)F)c2)cc1. The zero-order valence-corrected chi connectivity index (χ0v) is 19.5. The summed E-state index contributed by atoms with van der Waals surface area (Å²) in [5.74, 6) is 1.39. The van der Waals surface area contributed by atoms with Crippen LogP contribution in [0.3, 0.4) is 0 Å². The maximum atomic E-state index is 13.2. The number of hydrogen-bond acceptors (Lipinski definition) is 4. The van der Waals surface area contributed by atoms with Crippen molar-refractivity contribution in [3.63, 3.8) is 0 Å². The highest BCUT2D eigenvalue weighted by Gasteiger charge is 2.30. The van der Waals surface area contributed by atoms with E-state index >= 15 is 0 Å². The molecule has 0 bridgehead atoms. The number of thiazole rings is 1. The molecule has 1 aromatic heterocycles. The van der Waals surface area contributed by atoms with Gasteiger partial charge in [-0.3, -0.25) is 0 Å². The molecule has 0 aliphatic rings. The summed E-state index contributed by atoms with van der Waals surface area (Å²) in [6.07, 6.45) is -3.95. The predicted molar refractivity (Wildman–Crippen MR) is 128 cm³/mol. The molecule has 0 amide bonds. The monoisotopic (exact) mass is 484 g/mol. The highest BCUT2D eigenvalue weighted by molar-refractivity contribution is 7.07. The van der Waals surface area contributed by atoms with E-state index in [1.54, 1.807) is 20.3 Å². The Balaban J connectivity index is 1.75. The zero-order valence-electron chi connectivity index (χ0n) is 18.7. The number of halogens is 3. The van der Waals surface area contributed by atoms with Crippen molar-refractivity contribution in [2.45, 2.75) is 19.1 Å². The standard InChI is InChI=1S/C26H23F3N2O2S/c1-32-21-12-10-19(11-13-21)23-17-34-25(30-22-8-3-4-9-24(22)33-2)31(23)15-14-18-6-5-7-20(16-18)26(27,28)29/h3-13,16-17H,14-15H2,1-2H3. The molecule has 0 spiro atoms. The van der Waals surface area contributed by atoms with E-state index in [1.165, 1.54) is 23.5 Å². The summed E-state index contributed by atoms with van der Waals surface area (Å²) in [6, 6.07) is 20.6. The number of hydrogen-bond donors (Lipinski definition) is 0. The minimum Gasteiger partial charge on any atom is -0.497 e. The van der Waals surface area contributed by atoms with Gasteiger partial charge in [-0.1, -0.05) is 30.3 Å². The van der Waals surface area contributed by atoms with Crippen molar-refractivity contribution in [1.29, 1.82) is 0 Å². The smallest absolute Gasteiger partial charge is 0.416 e. The van der Waals surface area contributed by atoms with Crippen LogP contribution in [-0.2, 0) is 19.1 Å². The van der Waals surface area contributed by atoms with Gasteiger partial charge in [-0.15, -0.1) is 11.3 Å². The summed E-state index contributed by atoms with van der Waals surface area (Å²) < 4.78 is 52.2. The molecule has 176 valence electrons. The summed E-state index contributed by atoms with van der Waals surface area (Å²) in [4.78, 5) is 5.54. The van der Waals surface area contributed by atoms with Crippen LogP contribution in [-0.4, -0.2) is 18.8 Å². The second-order valence-corrected chi connectivity index (χ2v) is 8.35. The van der Waals surface area contributed by atoms with Gasteiger partial charge >= 0.3 is 6.18 Å². The maximum Gasteiger partial charge on any atom is 0.416 e. The Morgan fingerprint density at radius 1 is 0.912 bits per heavy atom. The molecule has 4 rings (SSSR count). The first-order valence-electron chi connectivity index (χ1n) is 10.6. The summed E-state index contributed by atoms with van der Waals surface area (Å²) in [5, 5.41) is 2.00. The number of para-hydroxylation sites is 2. The van der Waals surface area contributed by atoms with E-state index in [2.05, 4.69) is 0 Å². The Morgan fingerprint density at radius 3 is 2.38 bits per heavy atom. The molecule has 0 N–H and O–H groups in total. The third-order valence-electron chi connectivity index (χ3n) is 5.36. The van der Waals surface area contributed by atoms with Crippen LogP contribution < -0.4 is 14.3 Å². The number of methoxy groups -OCH3 is 2. The first-order chi connectivity index (χ1) is 16.4. The number of alkyl halides is 3. The van der Waals surface area contributed by atoms with Gasteiger partial charge in [0.15, 0.2) is 4.80 Å². The van der Waals surface area contributed by atoms with Gasteiger partial charge in [-0.05, 0) is 60.0 Å². The molecule has 0 fully saturated rings. The molecular formula is C26H23F3N2O2S. The average molecular weight is 485 g/mol. The van der Waals surface area contributed by atoms with Gasteiger partial charge < -0.3 is 14.0 Å². The highest BCUT2D eigenvalue weighted by atomic mass is 32.1. The second-order valence-electron chi connectivity index (χ2n) is 7.52. The Labute approximate surface area is 199 Å². The van der Waals surface area contributed by atoms with Crippen LogP contribution >= 0.6 is 11.3 Å². The van der Waals surface area contributed by atoms with Crippen LogP contribution in [0.1, 0.15) is 11.1 Å². The normalized spacial score (nSPS) is 12.1. The number of aromatic nitrogens is 1. The Hall–Kier alpha value is -3.52. The average Bonchev–Trinajstić information content (AvgIpc) is 3.25. The Kier molecular flexibility index (Phi) is 7.07. The predicted octanol–water partition coefficient (Wildman–Crippen LogP) is 6.73. The molecule has 8 heteroatoms. The van der Waals surface area contributed by atoms with Gasteiger partial charge in [-0.25, -0.2) is 4.99 Å². The van der Waals surface area contributed by atoms with Crippen LogP contribution in [0.4, 0.5) is 18.9 Å². The molecule has 4 nitrogen and oxygen atoms in total. The minimum absolute atomic E-state index is 0.420. The summed E-state index contributed by atoms with van der Waals surface area (Å²) >= 11 is 1.47. The fourth-order valence-electron chi connectivity index (χ4n) is 3.60. The third kappa shape index (κ3) is 5.34. The first kappa shape index (κ1) is 23.6. The van der Waals surface area contributed by atoms with Gasteiger partial charge in [0, 0.05) is 11.9 Å². The largest absolute Gasteiger partial charge is 0.497 e. The van der Waals surface area contributed by atoms with E-state index in [0.29, 0.717) is 30.0 Å². The van der Waals surface area contributed by atoms with Gasteiger partial charge in [0.05, 0.1) is 25.5 Å². The molecular weight excluding hydrogens is 461 g/mol. The minimum atomic E-state index is -4.37. The molecule has 0 radical (unpaired) electrons. The molecule has 1 heterocycles. The number of benzene rings is 3. The van der Waals surface area contributed by atoms with Gasteiger partial charge in [0.25, 0.3) is 0 Å². The lowest BCUT2D eigenvalue weighted by Crippen LogP contribution is -2.17. The second kappa shape index (κ2) is 10.2. The molecule has 0 saturated heterocycles. The van der Waals surface area contributed by atoms with Gasteiger partial charge in [0.1, 0.15) is 17.2 Å². The van der Waals surface area contributed by atoms with Crippen molar-refractivity contribution in [3.8, 4) is 22.8 Å². The third-order valence-corrected chi connectivity index (χ3v) is 6.23. The molecule has 34 heavy (non-hydrogen) atoms. The number of rotatable bonds is 7. The van der Waals surface area contributed by atoms with E-state index in [4.69, 9.17) is 14.5 Å². The topological polar surface area (TPSA) is 35.8 Å². The summed E-state index contributed by atoms with van der Waals surface area (Å²) in [6.45, 7) is 0.458. The van der Waals surface area contributed by atoms with Crippen molar-refractivity contribution >= 4 is 17.0 Å². The fourth-order valence-corrected chi connectivity index (χ4v) is 4.54. The summed E-state index contributed by atoms with van der Waals surface area (Å²) in [7, 11) is 3.20. The molecule has 4 aromatic rings. The molecule has 0 aliphatic heterocycles. The van der Waals surface area contributed by atoms with E-state index in [0.717, 1.165) is 27.9 Å². The molecule has 0 atom stereocenters. The van der Waals surface area contributed by atoms with Crippen molar-refractivity contribution in [2.75, 3.05) is 14.2 Å². The molecule has 0 saturated carbocycles. The van der Waals surface area contributed by atoms with E-state index in [1.807, 2.05) is 58.5 Å². The van der Waals surface area contributed by atoms with Crippen molar-refractivity contribution < 1.29 is 22.6 Å². The quantitative estimate of drug-likeness (QED) is 0.292. The van der Waals surface area contributed by atoms with Crippen LogP contribution in [0, 0.1) is 0 Å². The molecule has 0 unspecified atom stereocenters. The van der Waals surface area contributed by atoms with Crippen LogP contribution in [0.25, 0.3) is 11.3 Å². The van der Waals surface area contributed by atoms with E-state index < -0.39 is 11.7 Å². The van der Waals surface area contributed by atoms with Crippen LogP contribution in [0.15, 0.2) is 83.2 Å². The van der Waals surface area contributed by atoms with E-state index in [-0.39, 0.29) is 0 Å². The Bertz CT molecular complexity index is 1320. The first-order valence-corrected chi connectivity index (χ1v) is 11.4. The van der Waals surface area contributed by atoms with Crippen molar-refractivity contribution in [2.24, 2.45) is 4.99 Å².